The molecular formula is C11H13BrFNO. The molecule has 0 saturated heterocycles. The first kappa shape index (κ1) is 12.2. The number of amides is 1. The van der Waals surface area contributed by atoms with Crippen molar-refractivity contribution in [3.8, 4) is 0 Å². The summed E-state index contributed by atoms with van der Waals surface area (Å²) in [6.07, 6.45) is 0. The topological polar surface area (TPSA) is 20.3 Å². The second-order valence-corrected chi connectivity index (χ2v) is 4.58. The van der Waals surface area contributed by atoms with Crippen LogP contribution in [0.5, 0.6) is 0 Å². The molecule has 0 radical (unpaired) electrons. The van der Waals surface area contributed by atoms with Gasteiger partial charge in [0.2, 0.25) is 0 Å². The largest absolute Gasteiger partial charge is 0.339 e. The zero-order valence-electron chi connectivity index (χ0n) is 8.92. The second kappa shape index (κ2) is 4.75. The maximum absolute atomic E-state index is 13.1. The number of nitrogens with zero attached hydrogens (tertiary/aromatic N) is 1. The highest BCUT2D eigenvalue weighted by molar-refractivity contribution is 9.10. The predicted molar refractivity (Wildman–Crippen MR) is 61.3 cm³/mol. The number of hydrogen-bond donors (Lipinski definition) is 0. The fraction of sp³-hybridized carbons (Fsp3) is 0.364. The summed E-state index contributed by atoms with van der Waals surface area (Å²) >= 11 is 3.16. The lowest BCUT2D eigenvalue weighted by Gasteiger charge is -2.21. The van der Waals surface area contributed by atoms with Gasteiger partial charge in [-0.15, -0.1) is 0 Å². The van der Waals surface area contributed by atoms with E-state index in [9.17, 15) is 9.18 Å². The molecular weight excluding hydrogens is 261 g/mol. The van der Waals surface area contributed by atoms with Gasteiger partial charge in [-0.3, -0.25) is 4.79 Å². The average molecular weight is 274 g/mol. The van der Waals surface area contributed by atoms with Gasteiger partial charge in [0.05, 0.1) is 0 Å². The molecule has 0 aliphatic rings. The standard InChI is InChI=1S/C11H13BrFNO/c1-7(2)14(3)11(15)8-4-9(12)6-10(13)5-8/h4-7H,1-3H3. The molecule has 0 fully saturated rings. The number of hydrogen-bond acceptors (Lipinski definition) is 1. The van der Waals surface area contributed by atoms with Crippen molar-refractivity contribution >= 4 is 21.8 Å². The van der Waals surface area contributed by atoms with Crippen LogP contribution in [0.2, 0.25) is 0 Å². The highest BCUT2D eigenvalue weighted by Gasteiger charge is 2.15. The van der Waals surface area contributed by atoms with Gasteiger partial charge in [-0.05, 0) is 32.0 Å². The maximum Gasteiger partial charge on any atom is 0.253 e. The van der Waals surface area contributed by atoms with Crippen molar-refractivity contribution in [1.29, 1.82) is 0 Å². The monoisotopic (exact) mass is 273 g/mol. The van der Waals surface area contributed by atoms with Crippen LogP contribution < -0.4 is 0 Å². The van der Waals surface area contributed by atoms with Gasteiger partial charge in [-0.25, -0.2) is 4.39 Å². The van der Waals surface area contributed by atoms with Gasteiger partial charge < -0.3 is 4.90 Å². The number of halogens is 2. The van der Waals surface area contributed by atoms with Crippen molar-refractivity contribution in [2.75, 3.05) is 7.05 Å². The molecule has 4 heteroatoms. The molecule has 1 aromatic rings. The first-order valence-electron chi connectivity index (χ1n) is 4.65. The summed E-state index contributed by atoms with van der Waals surface area (Å²) < 4.78 is 13.6. The van der Waals surface area contributed by atoms with Gasteiger partial charge in [0, 0.05) is 23.1 Å². The third-order valence-corrected chi connectivity index (χ3v) is 2.66. The molecule has 1 amide bonds. The van der Waals surface area contributed by atoms with Crippen LogP contribution in [0.3, 0.4) is 0 Å². The van der Waals surface area contributed by atoms with E-state index >= 15 is 0 Å². The summed E-state index contributed by atoms with van der Waals surface area (Å²) in [6, 6.07) is 4.28. The number of carbonyl (C=O) groups excluding carboxylic acids is 1. The normalized spacial score (nSPS) is 10.5. The molecule has 0 saturated carbocycles. The minimum atomic E-state index is -0.412. The van der Waals surface area contributed by atoms with Crippen LogP contribution in [-0.4, -0.2) is 23.9 Å². The fourth-order valence-electron chi connectivity index (χ4n) is 1.12. The van der Waals surface area contributed by atoms with E-state index in [0.29, 0.717) is 10.0 Å². The molecule has 1 aromatic carbocycles. The molecule has 0 N–H and O–H groups in total. The lowest BCUT2D eigenvalue weighted by atomic mass is 10.2. The van der Waals surface area contributed by atoms with Crippen molar-refractivity contribution in [1.82, 2.24) is 4.90 Å². The quantitative estimate of drug-likeness (QED) is 0.811. The molecule has 0 bridgehead atoms. The summed E-state index contributed by atoms with van der Waals surface area (Å²) in [5, 5.41) is 0. The maximum atomic E-state index is 13.1. The molecule has 0 aliphatic carbocycles. The minimum absolute atomic E-state index is 0.0968. The Morgan fingerprint density at radius 1 is 1.40 bits per heavy atom. The number of benzene rings is 1. The van der Waals surface area contributed by atoms with Crippen molar-refractivity contribution in [3.05, 3.63) is 34.1 Å². The molecule has 1 rings (SSSR count). The lowest BCUT2D eigenvalue weighted by Crippen LogP contribution is -2.33. The Kier molecular flexibility index (Phi) is 3.85. The van der Waals surface area contributed by atoms with Crippen molar-refractivity contribution in [2.45, 2.75) is 19.9 Å². The highest BCUT2D eigenvalue weighted by atomic mass is 79.9. The summed E-state index contributed by atoms with van der Waals surface area (Å²) in [6.45, 7) is 3.82. The van der Waals surface area contributed by atoms with E-state index in [2.05, 4.69) is 15.9 Å². The van der Waals surface area contributed by atoms with Crippen molar-refractivity contribution in [3.63, 3.8) is 0 Å². The van der Waals surface area contributed by atoms with E-state index in [1.165, 1.54) is 12.1 Å². The van der Waals surface area contributed by atoms with Crippen LogP contribution in [0, 0.1) is 5.82 Å². The molecule has 0 aliphatic heterocycles. The van der Waals surface area contributed by atoms with Gasteiger partial charge in [0.25, 0.3) is 5.91 Å². The third-order valence-electron chi connectivity index (χ3n) is 2.20. The Morgan fingerprint density at radius 3 is 2.47 bits per heavy atom. The molecule has 82 valence electrons. The van der Waals surface area contributed by atoms with E-state index in [-0.39, 0.29) is 11.9 Å². The minimum Gasteiger partial charge on any atom is -0.339 e. The lowest BCUT2D eigenvalue weighted by molar-refractivity contribution is 0.0754. The zero-order valence-corrected chi connectivity index (χ0v) is 10.5. The van der Waals surface area contributed by atoms with Gasteiger partial charge in [-0.1, -0.05) is 15.9 Å². The predicted octanol–water partition coefficient (Wildman–Crippen LogP) is 3.07. The Hall–Kier alpha value is -0.900. The summed E-state index contributed by atoms with van der Waals surface area (Å²) in [5.41, 5.74) is 0.359. The van der Waals surface area contributed by atoms with E-state index in [1.807, 2.05) is 13.8 Å². The molecule has 0 heterocycles. The molecule has 15 heavy (non-hydrogen) atoms. The average Bonchev–Trinajstić information content (AvgIpc) is 2.13. The van der Waals surface area contributed by atoms with Crippen LogP contribution in [0.25, 0.3) is 0 Å². The first-order valence-corrected chi connectivity index (χ1v) is 5.44. The van der Waals surface area contributed by atoms with Crippen LogP contribution in [0.4, 0.5) is 4.39 Å². The smallest absolute Gasteiger partial charge is 0.253 e. The van der Waals surface area contributed by atoms with Gasteiger partial charge in [-0.2, -0.15) is 0 Å². The van der Waals surface area contributed by atoms with Crippen LogP contribution in [0.1, 0.15) is 24.2 Å². The Morgan fingerprint density at radius 2 is 2.00 bits per heavy atom. The van der Waals surface area contributed by atoms with E-state index < -0.39 is 5.82 Å². The van der Waals surface area contributed by atoms with E-state index in [0.717, 1.165) is 0 Å². The van der Waals surface area contributed by atoms with Gasteiger partial charge in [0.1, 0.15) is 5.82 Å². The Labute approximate surface area is 97.2 Å². The van der Waals surface area contributed by atoms with Crippen LogP contribution in [-0.2, 0) is 0 Å². The van der Waals surface area contributed by atoms with Crippen LogP contribution in [0.15, 0.2) is 22.7 Å². The molecule has 0 aromatic heterocycles. The first-order chi connectivity index (χ1) is 6.91. The highest BCUT2D eigenvalue weighted by Crippen LogP contribution is 2.16. The SMILES string of the molecule is CC(C)N(C)C(=O)c1cc(F)cc(Br)c1. The Bertz CT molecular complexity index is 359. The van der Waals surface area contributed by atoms with Gasteiger partial charge in [0.15, 0.2) is 0 Å². The molecule has 0 atom stereocenters. The van der Waals surface area contributed by atoms with Crippen molar-refractivity contribution < 1.29 is 9.18 Å². The summed E-state index contributed by atoms with van der Waals surface area (Å²) in [4.78, 5) is 13.4. The van der Waals surface area contributed by atoms with Gasteiger partial charge >= 0.3 is 0 Å². The zero-order chi connectivity index (χ0) is 11.6. The molecule has 0 unspecified atom stereocenters. The summed E-state index contributed by atoms with van der Waals surface area (Å²) in [7, 11) is 1.70. The van der Waals surface area contributed by atoms with E-state index in [4.69, 9.17) is 0 Å². The van der Waals surface area contributed by atoms with Crippen LogP contribution >= 0.6 is 15.9 Å². The van der Waals surface area contributed by atoms with E-state index in [1.54, 1.807) is 18.0 Å². The fourth-order valence-corrected chi connectivity index (χ4v) is 1.58. The second-order valence-electron chi connectivity index (χ2n) is 3.67. The number of rotatable bonds is 2. The molecule has 2 nitrogen and oxygen atoms in total. The number of carbonyl (C=O) groups is 1. The Balaban J connectivity index is 3.01. The third kappa shape index (κ3) is 3.02. The summed E-state index contributed by atoms with van der Waals surface area (Å²) in [5.74, 6) is -0.588. The van der Waals surface area contributed by atoms with Crippen molar-refractivity contribution in [2.24, 2.45) is 0 Å². The molecule has 0 spiro atoms.